The van der Waals surface area contributed by atoms with E-state index in [-0.39, 0.29) is 17.6 Å². The Hall–Kier alpha value is -0.770. The molecule has 0 radical (unpaired) electrons. The van der Waals surface area contributed by atoms with Crippen molar-refractivity contribution in [3.63, 3.8) is 0 Å². The van der Waals surface area contributed by atoms with E-state index in [4.69, 9.17) is 23.2 Å². The topological polar surface area (TPSA) is 32.3 Å². The summed E-state index contributed by atoms with van der Waals surface area (Å²) in [5.74, 6) is 0.237. The standard InChI is InChI=1S/C16H20Cl2N2O/c1-2-20-14(11-6-7-12(17)13(18)10-11)19-16(15(20)21)8-4-3-5-9-16/h6-7,10,14,19H,2-5,8-9H2,1H3. The Labute approximate surface area is 135 Å². The third-order valence-electron chi connectivity index (χ3n) is 4.70. The lowest BCUT2D eigenvalue weighted by atomic mass is 9.81. The van der Waals surface area contributed by atoms with E-state index >= 15 is 0 Å². The molecule has 1 unspecified atom stereocenters. The molecular formula is C16H20Cl2N2O. The molecule has 0 bridgehead atoms. The van der Waals surface area contributed by atoms with Gasteiger partial charge in [0.1, 0.15) is 6.17 Å². The zero-order chi connectivity index (χ0) is 15.0. The van der Waals surface area contributed by atoms with Crippen LogP contribution in [-0.2, 0) is 4.79 Å². The molecule has 3 nitrogen and oxygen atoms in total. The zero-order valence-electron chi connectivity index (χ0n) is 12.2. The number of likely N-dealkylation sites (N-methyl/N-ethyl adjacent to an activating group) is 1. The molecule has 21 heavy (non-hydrogen) atoms. The van der Waals surface area contributed by atoms with Crippen molar-refractivity contribution in [2.75, 3.05) is 6.54 Å². The van der Waals surface area contributed by atoms with Gasteiger partial charge < -0.3 is 4.90 Å². The number of hydrogen-bond acceptors (Lipinski definition) is 2. The lowest BCUT2D eigenvalue weighted by Crippen LogP contribution is -2.48. The lowest BCUT2D eigenvalue weighted by Gasteiger charge is -2.31. The molecule has 0 aromatic heterocycles. The normalized spacial score (nSPS) is 24.8. The highest BCUT2D eigenvalue weighted by Crippen LogP contribution is 2.40. The Balaban J connectivity index is 1.94. The van der Waals surface area contributed by atoms with Crippen LogP contribution in [0.1, 0.15) is 50.8 Å². The molecule has 1 N–H and O–H groups in total. The van der Waals surface area contributed by atoms with E-state index in [9.17, 15) is 4.79 Å². The van der Waals surface area contributed by atoms with E-state index in [1.807, 2.05) is 24.0 Å². The van der Waals surface area contributed by atoms with E-state index in [0.717, 1.165) is 31.2 Å². The second-order valence-corrected chi connectivity index (χ2v) is 6.77. The SMILES string of the molecule is CCN1C(=O)C2(CCCCC2)NC1c1ccc(Cl)c(Cl)c1. The maximum absolute atomic E-state index is 12.9. The van der Waals surface area contributed by atoms with E-state index in [2.05, 4.69) is 5.32 Å². The van der Waals surface area contributed by atoms with Gasteiger partial charge in [0, 0.05) is 6.54 Å². The van der Waals surface area contributed by atoms with Crippen LogP contribution in [0.25, 0.3) is 0 Å². The molecule has 1 atom stereocenters. The van der Waals surface area contributed by atoms with Crippen molar-refractivity contribution in [3.05, 3.63) is 33.8 Å². The summed E-state index contributed by atoms with van der Waals surface area (Å²) in [6.45, 7) is 2.71. The van der Waals surface area contributed by atoms with Gasteiger partial charge in [0.15, 0.2) is 0 Å². The number of carbonyl (C=O) groups excluding carboxylic acids is 1. The van der Waals surface area contributed by atoms with Crippen molar-refractivity contribution >= 4 is 29.1 Å². The maximum Gasteiger partial charge on any atom is 0.244 e. The van der Waals surface area contributed by atoms with Crippen LogP contribution in [0.5, 0.6) is 0 Å². The fraction of sp³-hybridized carbons (Fsp3) is 0.562. The average molecular weight is 327 g/mol. The van der Waals surface area contributed by atoms with Gasteiger partial charge in [-0.25, -0.2) is 0 Å². The van der Waals surface area contributed by atoms with E-state index in [1.54, 1.807) is 6.07 Å². The van der Waals surface area contributed by atoms with Crippen LogP contribution in [0, 0.1) is 0 Å². The third kappa shape index (κ3) is 2.56. The van der Waals surface area contributed by atoms with Crippen LogP contribution in [0.15, 0.2) is 18.2 Å². The van der Waals surface area contributed by atoms with Crippen LogP contribution in [0.2, 0.25) is 10.0 Å². The Bertz CT molecular complexity index is 555. The number of rotatable bonds is 2. The number of benzene rings is 1. The van der Waals surface area contributed by atoms with Crippen molar-refractivity contribution in [2.24, 2.45) is 0 Å². The number of nitrogens with one attached hydrogen (secondary N) is 1. The number of nitrogens with zero attached hydrogens (tertiary/aromatic N) is 1. The fourth-order valence-corrected chi connectivity index (χ4v) is 3.89. The van der Waals surface area contributed by atoms with Gasteiger partial charge in [-0.3, -0.25) is 10.1 Å². The van der Waals surface area contributed by atoms with Gasteiger partial charge in [-0.1, -0.05) is 48.5 Å². The zero-order valence-corrected chi connectivity index (χ0v) is 13.7. The smallest absolute Gasteiger partial charge is 0.244 e. The molecule has 1 amide bonds. The fourth-order valence-electron chi connectivity index (χ4n) is 3.58. The number of amides is 1. The highest BCUT2D eigenvalue weighted by atomic mass is 35.5. The van der Waals surface area contributed by atoms with Crippen molar-refractivity contribution < 1.29 is 4.79 Å². The molecule has 1 saturated carbocycles. The molecular weight excluding hydrogens is 307 g/mol. The molecule has 1 spiro atoms. The van der Waals surface area contributed by atoms with Gasteiger partial charge in [-0.05, 0) is 37.5 Å². The quantitative estimate of drug-likeness (QED) is 0.885. The van der Waals surface area contributed by atoms with E-state index in [1.165, 1.54) is 6.42 Å². The summed E-state index contributed by atoms with van der Waals surface area (Å²) in [5.41, 5.74) is 0.632. The molecule has 1 aliphatic carbocycles. The minimum absolute atomic E-state index is 0.102. The average Bonchev–Trinajstić information content (AvgIpc) is 2.76. The van der Waals surface area contributed by atoms with Crippen LogP contribution in [-0.4, -0.2) is 22.9 Å². The van der Waals surface area contributed by atoms with E-state index < -0.39 is 0 Å². The summed E-state index contributed by atoms with van der Waals surface area (Å²) >= 11 is 12.1. The van der Waals surface area contributed by atoms with Crippen LogP contribution in [0.3, 0.4) is 0 Å². The summed E-state index contributed by atoms with van der Waals surface area (Å²) < 4.78 is 0. The van der Waals surface area contributed by atoms with Gasteiger partial charge in [-0.15, -0.1) is 0 Å². The first-order valence-electron chi connectivity index (χ1n) is 7.61. The summed E-state index contributed by atoms with van der Waals surface area (Å²) in [6.07, 6.45) is 5.21. The summed E-state index contributed by atoms with van der Waals surface area (Å²) in [7, 11) is 0. The second kappa shape index (κ2) is 5.79. The first-order valence-corrected chi connectivity index (χ1v) is 8.37. The second-order valence-electron chi connectivity index (χ2n) is 5.95. The minimum Gasteiger partial charge on any atom is -0.322 e. The molecule has 3 rings (SSSR count). The van der Waals surface area contributed by atoms with Crippen molar-refractivity contribution in [2.45, 2.75) is 50.7 Å². The molecule has 2 fully saturated rings. The Morgan fingerprint density at radius 1 is 1.24 bits per heavy atom. The molecule has 1 heterocycles. The van der Waals surface area contributed by atoms with Crippen molar-refractivity contribution in [1.29, 1.82) is 0 Å². The number of hydrogen-bond donors (Lipinski definition) is 1. The monoisotopic (exact) mass is 326 g/mol. The molecule has 114 valence electrons. The van der Waals surface area contributed by atoms with Crippen molar-refractivity contribution in [3.8, 4) is 0 Å². The Morgan fingerprint density at radius 2 is 1.95 bits per heavy atom. The first-order chi connectivity index (χ1) is 10.1. The van der Waals surface area contributed by atoms with Crippen LogP contribution in [0.4, 0.5) is 0 Å². The van der Waals surface area contributed by atoms with E-state index in [0.29, 0.717) is 16.6 Å². The Morgan fingerprint density at radius 3 is 2.57 bits per heavy atom. The van der Waals surface area contributed by atoms with Crippen LogP contribution < -0.4 is 5.32 Å². The minimum atomic E-state index is -0.370. The van der Waals surface area contributed by atoms with Crippen LogP contribution >= 0.6 is 23.2 Å². The number of halogens is 2. The molecule has 2 aliphatic rings. The first kappa shape index (κ1) is 15.1. The predicted molar refractivity (Wildman–Crippen MR) is 85.5 cm³/mol. The highest BCUT2D eigenvalue weighted by molar-refractivity contribution is 6.42. The number of carbonyl (C=O) groups is 1. The Kier molecular flexibility index (Phi) is 4.17. The van der Waals surface area contributed by atoms with Gasteiger partial charge >= 0.3 is 0 Å². The summed E-state index contributed by atoms with van der Waals surface area (Å²) in [4.78, 5) is 14.8. The largest absolute Gasteiger partial charge is 0.322 e. The highest BCUT2D eigenvalue weighted by Gasteiger charge is 2.51. The van der Waals surface area contributed by atoms with Gasteiger partial charge in [0.2, 0.25) is 5.91 Å². The lowest BCUT2D eigenvalue weighted by molar-refractivity contribution is -0.134. The predicted octanol–water partition coefficient (Wildman–Crippen LogP) is 4.15. The molecule has 5 heteroatoms. The molecule has 1 saturated heterocycles. The van der Waals surface area contributed by atoms with Gasteiger partial charge in [-0.2, -0.15) is 0 Å². The molecule has 1 aromatic rings. The molecule has 1 aromatic carbocycles. The maximum atomic E-state index is 12.9. The van der Waals surface area contributed by atoms with Gasteiger partial charge in [0.25, 0.3) is 0 Å². The summed E-state index contributed by atoms with van der Waals surface area (Å²) in [5, 5.41) is 4.67. The third-order valence-corrected chi connectivity index (χ3v) is 5.44. The van der Waals surface area contributed by atoms with Gasteiger partial charge in [0.05, 0.1) is 15.6 Å². The molecule has 1 aliphatic heterocycles. The summed E-state index contributed by atoms with van der Waals surface area (Å²) in [6, 6.07) is 5.61. The van der Waals surface area contributed by atoms with Crippen molar-refractivity contribution in [1.82, 2.24) is 10.2 Å².